The third-order valence-corrected chi connectivity index (χ3v) is 2.96. The van der Waals surface area contributed by atoms with Crippen molar-refractivity contribution in [3.05, 3.63) is 54.5 Å². The topological polar surface area (TPSA) is 96.0 Å². The third-order valence-electron chi connectivity index (χ3n) is 2.96. The fourth-order valence-electron chi connectivity index (χ4n) is 1.99. The van der Waals surface area contributed by atoms with Gasteiger partial charge in [-0.1, -0.05) is 6.08 Å². The van der Waals surface area contributed by atoms with Crippen molar-refractivity contribution in [2.45, 2.75) is 13.8 Å². The molecule has 2 amide bonds. The van der Waals surface area contributed by atoms with Crippen LogP contribution in [0.5, 0.6) is 0 Å². The first-order valence-corrected chi connectivity index (χ1v) is 7.37. The number of rotatable bonds is 6. The summed E-state index contributed by atoms with van der Waals surface area (Å²) in [6.07, 6.45) is 1.60. The van der Waals surface area contributed by atoms with Crippen LogP contribution in [0.1, 0.15) is 23.2 Å². The smallest absolute Gasteiger partial charge is 0.270 e. The van der Waals surface area contributed by atoms with Crippen LogP contribution >= 0.6 is 0 Å². The Hall–Kier alpha value is -3.22. The van der Waals surface area contributed by atoms with E-state index in [1.165, 1.54) is 6.92 Å². The van der Waals surface area contributed by atoms with Crippen LogP contribution in [0.4, 0.5) is 17.2 Å². The largest absolute Gasteiger partial charge is 0.347 e. The second-order valence-electron chi connectivity index (χ2n) is 5.07. The zero-order valence-corrected chi connectivity index (χ0v) is 13.6. The summed E-state index contributed by atoms with van der Waals surface area (Å²) in [6.45, 7) is 7.10. The average Bonchev–Trinajstić information content (AvgIpc) is 2.53. The molecule has 0 aliphatic carbocycles. The van der Waals surface area contributed by atoms with Crippen molar-refractivity contribution in [1.82, 2.24) is 15.3 Å². The highest BCUT2D eigenvalue weighted by atomic mass is 16.2. The molecule has 3 N–H and O–H groups in total. The first-order valence-electron chi connectivity index (χ1n) is 7.37. The summed E-state index contributed by atoms with van der Waals surface area (Å²) in [5.41, 5.74) is 1.76. The predicted molar refractivity (Wildman–Crippen MR) is 93.3 cm³/mol. The number of hydrogen-bond acceptors (Lipinski definition) is 5. The van der Waals surface area contributed by atoms with E-state index in [0.29, 0.717) is 23.9 Å². The molecule has 0 spiro atoms. The molecule has 0 bridgehead atoms. The highest BCUT2D eigenvalue weighted by Crippen LogP contribution is 2.18. The SMILES string of the molecule is C=CCNC(=O)c1cc(Nc2ccc(NC(C)=O)cc2)nc(C)n1. The van der Waals surface area contributed by atoms with Gasteiger partial charge in [0, 0.05) is 30.9 Å². The minimum atomic E-state index is -0.288. The van der Waals surface area contributed by atoms with Gasteiger partial charge < -0.3 is 16.0 Å². The molecule has 0 aliphatic heterocycles. The molecule has 124 valence electrons. The number of hydrogen-bond donors (Lipinski definition) is 3. The Morgan fingerprint density at radius 1 is 1.17 bits per heavy atom. The minimum Gasteiger partial charge on any atom is -0.347 e. The van der Waals surface area contributed by atoms with Crippen molar-refractivity contribution in [2.75, 3.05) is 17.2 Å². The summed E-state index contributed by atoms with van der Waals surface area (Å²) in [6, 6.07) is 8.73. The Morgan fingerprint density at radius 2 is 1.83 bits per heavy atom. The van der Waals surface area contributed by atoms with E-state index < -0.39 is 0 Å². The zero-order chi connectivity index (χ0) is 17.5. The van der Waals surface area contributed by atoms with Crippen molar-refractivity contribution in [3.63, 3.8) is 0 Å². The Bertz CT molecular complexity index is 756. The van der Waals surface area contributed by atoms with Crippen molar-refractivity contribution in [1.29, 1.82) is 0 Å². The van der Waals surface area contributed by atoms with E-state index in [1.807, 2.05) is 0 Å². The number of carbonyl (C=O) groups excluding carboxylic acids is 2. The molecule has 0 saturated carbocycles. The molecule has 0 unspecified atom stereocenters. The zero-order valence-electron chi connectivity index (χ0n) is 13.6. The van der Waals surface area contributed by atoms with Gasteiger partial charge in [0.05, 0.1) is 0 Å². The number of aryl methyl sites for hydroxylation is 1. The second-order valence-corrected chi connectivity index (χ2v) is 5.07. The maximum absolute atomic E-state index is 12.0. The molecule has 0 aliphatic rings. The molecule has 1 heterocycles. The normalized spacial score (nSPS) is 9.92. The van der Waals surface area contributed by atoms with Crippen LogP contribution in [0.25, 0.3) is 0 Å². The summed E-state index contributed by atoms with van der Waals surface area (Å²) in [7, 11) is 0. The third kappa shape index (κ3) is 4.91. The van der Waals surface area contributed by atoms with Crippen LogP contribution in [0.2, 0.25) is 0 Å². The highest BCUT2D eigenvalue weighted by Gasteiger charge is 2.10. The van der Waals surface area contributed by atoms with Gasteiger partial charge in [0.15, 0.2) is 0 Å². The molecular weight excluding hydrogens is 306 g/mol. The van der Waals surface area contributed by atoms with Crippen molar-refractivity contribution in [2.24, 2.45) is 0 Å². The molecule has 24 heavy (non-hydrogen) atoms. The van der Waals surface area contributed by atoms with E-state index in [9.17, 15) is 9.59 Å². The molecule has 2 aromatic rings. The second kappa shape index (κ2) is 7.87. The van der Waals surface area contributed by atoms with Crippen LogP contribution < -0.4 is 16.0 Å². The summed E-state index contributed by atoms with van der Waals surface area (Å²) in [5, 5.41) is 8.49. The van der Waals surface area contributed by atoms with Gasteiger partial charge in [0.25, 0.3) is 5.91 Å². The monoisotopic (exact) mass is 325 g/mol. The van der Waals surface area contributed by atoms with E-state index in [-0.39, 0.29) is 17.5 Å². The Labute approximate surface area is 140 Å². The summed E-state index contributed by atoms with van der Waals surface area (Å²) < 4.78 is 0. The van der Waals surface area contributed by atoms with Crippen LogP contribution in [0, 0.1) is 6.92 Å². The number of benzene rings is 1. The molecule has 0 fully saturated rings. The first kappa shape index (κ1) is 17.1. The van der Waals surface area contributed by atoms with Crippen LogP contribution in [0.15, 0.2) is 43.0 Å². The fourth-order valence-corrected chi connectivity index (χ4v) is 1.99. The number of aromatic nitrogens is 2. The molecule has 1 aromatic carbocycles. The van der Waals surface area contributed by atoms with Gasteiger partial charge in [0.1, 0.15) is 17.3 Å². The fraction of sp³-hybridized carbons (Fsp3) is 0.176. The number of carbonyl (C=O) groups is 2. The van der Waals surface area contributed by atoms with E-state index in [0.717, 1.165) is 5.69 Å². The van der Waals surface area contributed by atoms with E-state index >= 15 is 0 Å². The van der Waals surface area contributed by atoms with Crippen molar-refractivity contribution in [3.8, 4) is 0 Å². The predicted octanol–water partition coefficient (Wildman–Crippen LogP) is 2.40. The van der Waals surface area contributed by atoms with E-state index in [2.05, 4.69) is 32.5 Å². The molecule has 0 radical (unpaired) electrons. The maximum Gasteiger partial charge on any atom is 0.270 e. The number of nitrogens with zero attached hydrogens (tertiary/aromatic N) is 2. The molecule has 1 aromatic heterocycles. The quantitative estimate of drug-likeness (QED) is 0.709. The number of anilines is 3. The standard InChI is InChI=1S/C17H19N5O2/c1-4-9-18-17(24)15-10-16(20-11(2)19-15)22-14-7-5-13(6-8-14)21-12(3)23/h4-8,10H,1,9H2,2-3H3,(H,18,24)(H,21,23)(H,19,20,22). The van der Waals surface area contributed by atoms with Gasteiger partial charge in [-0.3, -0.25) is 9.59 Å². The lowest BCUT2D eigenvalue weighted by molar-refractivity contribution is -0.114. The van der Waals surface area contributed by atoms with Gasteiger partial charge in [-0.15, -0.1) is 6.58 Å². The lowest BCUT2D eigenvalue weighted by Crippen LogP contribution is -2.24. The summed E-state index contributed by atoms with van der Waals surface area (Å²) in [4.78, 5) is 31.4. The molecule has 7 nitrogen and oxygen atoms in total. The lowest BCUT2D eigenvalue weighted by atomic mass is 10.2. The van der Waals surface area contributed by atoms with Crippen LogP contribution in [-0.2, 0) is 4.79 Å². The first-order chi connectivity index (χ1) is 11.5. The van der Waals surface area contributed by atoms with Crippen molar-refractivity contribution < 1.29 is 9.59 Å². The minimum absolute atomic E-state index is 0.127. The van der Waals surface area contributed by atoms with Gasteiger partial charge in [0.2, 0.25) is 5.91 Å². The van der Waals surface area contributed by atoms with E-state index in [1.54, 1.807) is 43.3 Å². The van der Waals surface area contributed by atoms with Crippen molar-refractivity contribution >= 4 is 29.0 Å². The molecule has 0 atom stereocenters. The molecule has 0 saturated heterocycles. The van der Waals surface area contributed by atoms with Gasteiger partial charge >= 0.3 is 0 Å². The van der Waals surface area contributed by atoms with E-state index in [4.69, 9.17) is 0 Å². The van der Waals surface area contributed by atoms with Gasteiger partial charge in [-0.05, 0) is 31.2 Å². The van der Waals surface area contributed by atoms with Gasteiger partial charge in [-0.2, -0.15) is 0 Å². The molecule has 2 rings (SSSR count). The highest BCUT2D eigenvalue weighted by molar-refractivity contribution is 5.93. The number of nitrogens with one attached hydrogen (secondary N) is 3. The van der Waals surface area contributed by atoms with Crippen LogP contribution in [0.3, 0.4) is 0 Å². The Kier molecular flexibility index (Phi) is 5.62. The molecular formula is C17H19N5O2. The molecule has 7 heteroatoms. The summed E-state index contributed by atoms with van der Waals surface area (Å²) >= 11 is 0. The lowest BCUT2D eigenvalue weighted by Gasteiger charge is -2.09. The average molecular weight is 325 g/mol. The summed E-state index contributed by atoms with van der Waals surface area (Å²) in [5.74, 6) is 0.582. The number of amides is 2. The Balaban J connectivity index is 2.14. The maximum atomic E-state index is 12.0. The van der Waals surface area contributed by atoms with Crippen LogP contribution in [-0.4, -0.2) is 28.3 Å². The Morgan fingerprint density at radius 3 is 2.46 bits per heavy atom. The van der Waals surface area contributed by atoms with Gasteiger partial charge in [-0.25, -0.2) is 9.97 Å².